The summed E-state index contributed by atoms with van der Waals surface area (Å²) in [4.78, 5) is 29.2. The number of amides is 2. The molecule has 1 heterocycles. The zero-order valence-electron chi connectivity index (χ0n) is 22.7. The van der Waals surface area contributed by atoms with Gasteiger partial charge in [-0.15, -0.1) is 0 Å². The van der Waals surface area contributed by atoms with Gasteiger partial charge in [0.1, 0.15) is 5.82 Å². The SMILES string of the molecule is Cc1ccc(CC2CN(C(=O)C=Cc3ccc(F)cc3)CCN2C(=O)c2cc(C(F)(F)F)cc(C(F)(F)F)c2)cc1C. The van der Waals surface area contributed by atoms with Crippen LogP contribution in [0, 0.1) is 19.7 Å². The van der Waals surface area contributed by atoms with E-state index in [1.54, 1.807) is 0 Å². The summed E-state index contributed by atoms with van der Waals surface area (Å²) in [7, 11) is 0. The van der Waals surface area contributed by atoms with Crippen molar-refractivity contribution < 1.29 is 40.3 Å². The number of benzene rings is 3. The van der Waals surface area contributed by atoms with Crippen LogP contribution >= 0.6 is 0 Å². The second kappa shape index (κ2) is 12.0. The summed E-state index contributed by atoms with van der Waals surface area (Å²) >= 11 is 0. The van der Waals surface area contributed by atoms with E-state index in [4.69, 9.17) is 0 Å². The van der Waals surface area contributed by atoms with Gasteiger partial charge in [-0.3, -0.25) is 9.59 Å². The molecule has 0 bridgehead atoms. The highest BCUT2D eigenvalue weighted by molar-refractivity contribution is 5.96. The van der Waals surface area contributed by atoms with Crippen molar-refractivity contribution in [1.82, 2.24) is 9.80 Å². The molecule has 222 valence electrons. The molecule has 0 N–H and O–H groups in total. The lowest BCUT2D eigenvalue weighted by atomic mass is 9.97. The van der Waals surface area contributed by atoms with E-state index in [9.17, 15) is 40.3 Å². The number of aryl methyl sites for hydroxylation is 2. The molecule has 0 spiro atoms. The van der Waals surface area contributed by atoms with Gasteiger partial charge in [-0.2, -0.15) is 26.3 Å². The normalized spacial score (nSPS) is 16.3. The van der Waals surface area contributed by atoms with Gasteiger partial charge in [0.2, 0.25) is 5.91 Å². The van der Waals surface area contributed by atoms with E-state index >= 15 is 0 Å². The van der Waals surface area contributed by atoms with Crippen molar-refractivity contribution in [3.63, 3.8) is 0 Å². The van der Waals surface area contributed by atoms with Crippen LogP contribution in [-0.2, 0) is 23.6 Å². The molecule has 1 unspecified atom stereocenters. The van der Waals surface area contributed by atoms with Gasteiger partial charge in [0.25, 0.3) is 5.91 Å². The maximum atomic E-state index is 13.5. The molecule has 1 aliphatic heterocycles. The summed E-state index contributed by atoms with van der Waals surface area (Å²) in [5.74, 6) is -1.83. The second-order valence-electron chi connectivity index (χ2n) is 10.2. The molecule has 4 nitrogen and oxygen atoms in total. The monoisotopic (exact) mass is 592 g/mol. The maximum Gasteiger partial charge on any atom is 0.416 e. The number of alkyl halides is 6. The highest BCUT2D eigenvalue weighted by atomic mass is 19.4. The molecule has 1 fully saturated rings. The van der Waals surface area contributed by atoms with E-state index in [1.165, 1.54) is 46.2 Å². The molecule has 0 saturated carbocycles. The summed E-state index contributed by atoms with van der Waals surface area (Å²) in [6.07, 6.45) is -7.20. The van der Waals surface area contributed by atoms with Crippen molar-refractivity contribution in [2.24, 2.45) is 0 Å². The van der Waals surface area contributed by atoms with Crippen molar-refractivity contribution >= 4 is 17.9 Å². The van der Waals surface area contributed by atoms with Gasteiger partial charge >= 0.3 is 12.4 Å². The molecule has 0 aromatic heterocycles. The number of carbonyl (C=O) groups excluding carboxylic acids is 2. The molecule has 42 heavy (non-hydrogen) atoms. The van der Waals surface area contributed by atoms with E-state index in [-0.39, 0.29) is 32.1 Å². The number of hydrogen-bond acceptors (Lipinski definition) is 2. The summed E-state index contributed by atoms with van der Waals surface area (Å²) < 4.78 is 94.0. The van der Waals surface area contributed by atoms with Gasteiger partial charge in [0.15, 0.2) is 0 Å². The first kappa shape index (κ1) is 30.8. The van der Waals surface area contributed by atoms with Gasteiger partial charge in [-0.25, -0.2) is 4.39 Å². The topological polar surface area (TPSA) is 40.6 Å². The van der Waals surface area contributed by atoms with Crippen molar-refractivity contribution in [3.05, 3.63) is 112 Å². The van der Waals surface area contributed by atoms with Crippen LogP contribution in [0.5, 0.6) is 0 Å². The third-order valence-electron chi connectivity index (χ3n) is 7.22. The highest BCUT2D eigenvalue weighted by Crippen LogP contribution is 2.37. The zero-order valence-corrected chi connectivity index (χ0v) is 22.7. The average molecular weight is 593 g/mol. The van der Waals surface area contributed by atoms with E-state index in [0.29, 0.717) is 17.7 Å². The third-order valence-corrected chi connectivity index (χ3v) is 7.22. The summed E-state index contributed by atoms with van der Waals surface area (Å²) in [5.41, 5.74) is -0.548. The molecule has 1 atom stereocenters. The molecule has 3 aromatic carbocycles. The van der Waals surface area contributed by atoms with Crippen LogP contribution in [0.1, 0.15) is 43.7 Å². The van der Waals surface area contributed by atoms with Crippen molar-refractivity contribution in [2.45, 2.75) is 38.7 Å². The first-order valence-electron chi connectivity index (χ1n) is 13.0. The maximum absolute atomic E-state index is 13.5. The quantitative estimate of drug-likeness (QED) is 0.235. The lowest BCUT2D eigenvalue weighted by Gasteiger charge is -2.41. The number of nitrogens with zero attached hydrogens (tertiary/aromatic N) is 2. The van der Waals surface area contributed by atoms with Gasteiger partial charge in [0.05, 0.1) is 17.2 Å². The predicted molar refractivity (Wildman–Crippen MR) is 143 cm³/mol. The number of halogens is 7. The second-order valence-corrected chi connectivity index (χ2v) is 10.2. The van der Waals surface area contributed by atoms with E-state index in [0.717, 1.165) is 16.7 Å². The Labute approximate surface area is 238 Å². The first-order valence-corrected chi connectivity index (χ1v) is 13.0. The van der Waals surface area contributed by atoms with Gasteiger partial charge in [-0.1, -0.05) is 30.3 Å². The Morgan fingerprint density at radius 1 is 0.833 bits per heavy atom. The Kier molecular flexibility index (Phi) is 8.79. The lowest BCUT2D eigenvalue weighted by molar-refractivity contribution is -0.143. The smallest absolute Gasteiger partial charge is 0.335 e. The summed E-state index contributed by atoms with van der Waals surface area (Å²) in [6, 6.07) is 11.1. The van der Waals surface area contributed by atoms with Crippen LogP contribution in [0.3, 0.4) is 0 Å². The number of piperazine rings is 1. The highest BCUT2D eigenvalue weighted by Gasteiger charge is 2.39. The van der Waals surface area contributed by atoms with Crippen LogP contribution in [-0.4, -0.2) is 47.3 Å². The Balaban J connectivity index is 1.65. The van der Waals surface area contributed by atoms with E-state index < -0.39 is 52.7 Å². The van der Waals surface area contributed by atoms with E-state index in [1.807, 2.05) is 32.0 Å². The molecule has 11 heteroatoms. The molecule has 1 aliphatic rings. The molecule has 0 radical (unpaired) electrons. The first-order chi connectivity index (χ1) is 19.6. The molecule has 4 rings (SSSR count). The fourth-order valence-corrected chi connectivity index (χ4v) is 4.79. The molecular weight excluding hydrogens is 565 g/mol. The van der Waals surface area contributed by atoms with Crippen molar-refractivity contribution in [3.8, 4) is 0 Å². The van der Waals surface area contributed by atoms with Gasteiger partial charge in [0, 0.05) is 31.3 Å². The number of hydrogen-bond donors (Lipinski definition) is 0. The van der Waals surface area contributed by atoms with Crippen LogP contribution in [0.25, 0.3) is 6.08 Å². The predicted octanol–water partition coefficient (Wildman–Crippen LogP) is 7.09. The Hall–Kier alpha value is -4.15. The zero-order chi connectivity index (χ0) is 30.8. The standard InChI is InChI=1S/C31H27F7N2O2/c1-19-3-4-22(13-20(19)2)14-27-18-39(28(41)10-7-21-5-8-26(32)9-6-21)11-12-40(27)29(42)23-15-24(30(33,34)35)17-25(16-23)31(36,37)38/h3-10,13,15-17,27H,11-12,14,18H2,1-2H3. The Morgan fingerprint density at radius 3 is 2.02 bits per heavy atom. The minimum absolute atomic E-state index is 0.00363. The largest absolute Gasteiger partial charge is 0.416 e. The Bertz CT molecular complexity index is 1460. The van der Waals surface area contributed by atoms with Crippen molar-refractivity contribution in [1.29, 1.82) is 0 Å². The van der Waals surface area contributed by atoms with Crippen molar-refractivity contribution in [2.75, 3.05) is 19.6 Å². The third kappa shape index (κ3) is 7.37. The number of rotatable bonds is 5. The molecule has 0 aliphatic carbocycles. The summed E-state index contributed by atoms with van der Waals surface area (Å²) in [5, 5.41) is 0. The fraction of sp³-hybridized carbons (Fsp3) is 0.290. The fourth-order valence-electron chi connectivity index (χ4n) is 4.79. The Morgan fingerprint density at radius 2 is 1.45 bits per heavy atom. The molecule has 1 saturated heterocycles. The van der Waals surface area contributed by atoms with Crippen LogP contribution in [0.4, 0.5) is 30.7 Å². The van der Waals surface area contributed by atoms with Gasteiger partial charge in [-0.05, 0) is 78.9 Å². The van der Waals surface area contributed by atoms with Gasteiger partial charge < -0.3 is 9.80 Å². The van der Waals surface area contributed by atoms with Crippen LogP contribution < -0.4 is 0 Å². The van der Waals surface area contributed by atoms with Crippen LogP contribution in [0.2, 0.25) is 0 Å². The number of carbonyl (C=O) groups is 2. The van der Waals surface area contributed by atoms with E-state index in [2.05, 4.69) is 0 Å². The molecular formula is C31H27F7N2O2. The molecule has 3 aromatic rings. The lowest BCUT2D eigenvalue weighted by Crippen LogP contribution is -2.57. The minimum Gasteiger partial charge on any atom is -0.335 e. The molecule has 2 amide bonds. The summed E-state index contributed by atoms with van der Waals surface area (Å²) in [6.45, 7) is 3.69. The minimum atomic E-state index is -5.10. The van der Waals surface area contributed by atoms with Crippen LogP contribution in [0.15, 0.2) is 66.7 Å². The average Bonchev–Trinajstić information content (AvgIpc) is 2.93.